The molecule has 0 aromatic heterocycles. The Morgan fingerprint density at radius 3 is 2.24 bits per heavy atom. The highest BCUT2D eigenvalue weighted by molar-refractivity contribution is 6.31. The largest absolute Gasteiger partial charge is 0.330 e. The molecule has 2 N–H and O–H groups in total. The molecule has 1 nitrogen and oxygen atoms in total. The lowest BCUT2D eigenvalue weighted by molar-refractivity contribution is 0.351. The second kappa shape index (κ2) is 6.36. The maximum absolute atomic E-state index is 14.0. The Kier molecular flexibility index (Phi) is 5.41. The van der Waals surface area contributed by atoms with Crippen molar-refractivity contribution in [1.82, 2.24) is 0 Å². The van der Waals surface area contributed by atoms with Crippen LogP contribution in [0.4, 0.5) is 4.39 Å². The van der Waals surface area contributed by atoms with Crippen molar-refractivity contribution < 1.29 is 4.39 Å². The molecule has 0 fully saturated rings. The molecule has 1 aromatic rings. The normalized spacial score (nSPS) is 11.8. The van der Waals surface area contributed by atoms with Gasteiger partial charge in [0.05, 0.1) is 0 Å². The molecule has 0 radical (unpaired) electrons. The second-order valence-corrected chi connectivity index (χ2v) is 4.99. The molecule has 0 aliphatic carbocycles. The summed E-state index contributed by atoms with van der Waals surface area (Å²) in [5.41, 5.74) is 6.22. The Morgan fingerprint density at radius 2 is 1.82 bits per heavy atom. The lowest BCUT2D eigenvalue weighted by Gasteiger charge is -2.34. The third-order valence-electron chi connectivity index (χ3n) is 3.34. The predicted molar refractivity (Wildman–Crippen MR) is 72.0 cm³/mol. The summed E-state index contributed by atoms with van der Waals surface area (Å²) in [5.74, 6) is -0.232. The van der Waals surface area contributed by atoms with Crippen LogP contribution in [0.15, 0.2) is 18.2 Å². The van der Waals surface area contributed by atoms with Crippen LogP contribution in [0.3, 0.4) is 0 Å². The molecule has 0 saturated heterocycles. The molecule has 0 aliphatic rings. The smallest absolute Gasteiger partial charge is 0.128 e. The van der Waals surface area contributed by atoms with E-state index in [1.807, 2.05) is 0 Å². The fraction of sp³-hybridized carbons (Fsp3) is 0.571. The Balaban J connectivity index is 3.29. The Hall–Kier alpha value is -0.600. The van der Waals surface area contributed by atoms with Crippen molar-refractivity contribution in [2.24, 2.45) is 5.73 Å². The molecule has 0 bridgehead atoms. The van der Waals surface area contributed by atoms with E-state index in [9.17, 15) is 4.39 Å². The number of halogens is 2. The van der Waals surface area contributed by atoms with E-state index in [1.165, 1.54) is 6.07 Å². The van der Waals surface area contributed by atoms with E-state index in [2.05, 4.69) is 13.8 Å². The molecule has 96 valence electrons. The van der Waals surface area contributed by atoms with Gasteiger partial charge in [-0.2, -0.15) is 0 Å². The van der Waals surface area contributed by atoms with Crippen molar-refractivity contribution in [2.75, 3.05) is 6.54 Å². The first kappa shape index (κ1) is 14.5. The summed E-state index contributed by atoms with van der Waals surface area (Å²) in [6.07, 6.45) is 3.69. The summed E-state index contributed by atoms with van der Waals surface area (Å²) in [5, 5.41) is 0.498. The maximum atomic E-state index is 14.0. The van der Waals surface area contributed by atoms with Crippen molar-refractivity contribution >= 4 is 11.6 Å². The summed E-state index contributed by atoms with van der Waals surface area (Å²) < 4.78 is 14.0. The van der Waals surface area contributed by atoms with Crippen LogP contribution in [-0.4, -0.2) is 6.54 Å². The minimum absolute atomic E-state index is 0.232. The zero-order valence-electron chi connectivity index (χ0n) is 10.6. The van der Waals surface area contributed by atoms with Crippen molar-refractivity contribution in [1.29, 1.82) is 0 Å². The van der Waals surface area contributed by atoms with Crippen molar-refractivity contribution in [2.45, 2.75) is 44.9 Å². The molecule has 0 heterocycles. The highest BCUT2D eigenvalue weighted by Gasteiger charge is 2.33. The standard InChI is InChI=1S/C14H21ClFN/c1-3-8-14(10-17,9-4-2)13-11(15)6-5-7-12(13)16/h5-7H,3-4,8-10,17H2,1-2H3. The molecule has 1 aromatic carbocycles. The van der Waals surface area contributed by atoms with Gasteiger partial charge in [-0.25, -0.2) is 4.39 Å². The summed E-state index contributed by atoms with van der Waals surface area (Å²) in [7, 11) is 0. The molecule has 3 heteroatoms. The third-order valence-corrected chi connectivity index (χ3v) is 3.66. The molecule has 0 aliphatic heterocycles. The molecule has 0 atom stereocenters. The molecule has 17 heavy (non-hydrogen) atoms. The van der Waals surface area contributed by atoms with Gasteiger partial charge in [0, 0.05) is 22.5 Å². The van der Waals surface area contributed by atoms with Gasteiger partial charge < -0.3 is 5.73 Å². The van der Waals surface area contributed by atoms with Gasteiger partial charge in [0.2, 0.25) is 0 Å². The van der Waals surface area contributed by atoms with E-state index in [0.717, 1.165) is 25.7 Å². The van der Waals surface area contributed by atoms with Crippen molar-refractivity contribution in [3.8, 4) is 0 Å². The summed E-state index contributed by atoms with van der Waals surface area (Å²) in [4.78, 5) is 0. The first-order valence-corrected chi connectivity index (χ1v) is 6.63. The maximum Gasteiger partial charge on any atom is 0.128 e. The van der Waals surface area contributed by atoms with Gasteiger partial charge in [-0.3, -0.25) is 0 Å². The Labute approximate surface area is 108 Å². The molecule has 1 rings (SSSR count). The number of hydrogen-bond acceptors (Lipinski definition) is 1. The number of hydrogen-bond donors (Lipinski definition) is 1. The lowest BCUT2D eigenvalue weighted by atomic mass is 9.73. The Morgan fingerprint density at radius 1 is 1.24 bits per heavy atom. The molecule has 0 amide bonds. The lowest BCUT2D eigenvalue weighted by Crippen LogP contribution is -2.36. The monoisotopic (exact) mass is 257 g/mol. The molecular formula is C14H21ClFN. The van der Waals surface area contributed by atoms with E-state index in [4.69, 9.17) is 17.3 Å². The van der Waals surface area contributed by atoms with Gasteiger partial charge in [0.25, 0.3) is 0 Å². The van der Waals surface area contributed by atoms with Crippen LogP contribution in [-0.2, 0) is 5.41 Å². The van der Waals surface area contributed by atoms with E-state index >= 15 is 0 Å². The molecular weight excluding hydrogens is 237 g/mol. The fourth-order valence-electron chi connectivity index (χ4n) is 2.64. The summed E-state index contributed by atoms with van der Waals surface area (Å²) >= 11 is 6.17. The number of benzene rings is 1. The van der Waals surface area contributed by atoms with Gasteiger partial charge >= 0.3 is 0 Å². The first-order valence-electron chi connectivity index (χ1n) is 6.26. The van der Waals surface area contributed by atoms with Gasteiger partial charge in [-0.1, -0.05) is 44.4 Å². The number of rotatable bonds is 6. The summed E-state index contributed by atoms with van der Waals surface area (Å²) in [6, 6.07) is 4.85. The van der Waals surface area contributed by atoms with E-state index in [0.29, 0.717) is 17.1 Å². The van der Waals surface area contributed by atoms with Gasteiger partial charge in [0.1, 0.15) is 5.82 Å². The molecule has 0 saturated carbocycles. The topological polar surface area (TPSA) is 26.0 Å². The van der Waals surface area contributed by atoms with E-state index in [1.54, 1.807) is 12.1 Å². The second-order valence-electron chi connectivity index (χ2n) is 4.58. The number of nitrogens with two attached hydrogens (primary N) is 1. The first-order chi connectivity index (χ1) is 8.11. The van der Waals surface area contributed by atoms with Crippen LogP contribution in [0.25, 0.3) is 0 Å². The van der Waals surface area contributed by atoms with Crippen LogP contribution >= 0.6 is 11.6 Å². The van der Waals surface area contributed by atoms with E-state index < -0.39 is 0 Å². The average Bonchev–Trinajstić information content (AvgIpc) is 2.29. The van der Waals surface area contributed by atoms with Crippen LogP contribution < -0.4 is 5.73 Å². The zero-order valence-corrected chi connectivity index (χ0v) is 11.4. The van der Waals surface area contributed by atoms with Crippen LogP contribution in [0, 0.1) is 5.82 Å². The summed E-state index contributed by atoms with van der Waals surface area (Å²) in [6.45, 7) is 4.62. The zero-order chi connectivity index (χ0) is 12.9. The highest BCUT2D eigenvalue weighted by atomic mass is 35.5. The predicted octanol–water partition coefficient (Wildman–Crippen LogP) is 4.28. The van der Waals surface area contributed by atoms with E-state index in [-0.39, 0.29) is 11.2 Å². The minimum atomic E-state index is -0.314. The minimum Gasteiger partial charge on any atom is -0.330 e. The van der Waals surface area contributed by atoms with Gasteiger partial charge in [-0.05, 0) is 25.0 Å². The third kappa shape index (κ3) is 2.99. The van der Waals surface area contributed by atoms with Crippen LogP contribution in [0.2, 0.25) is 5.02 Å². The quantitative estimate of drug-likeness (QED) is 0.809. The average molecular weight is 258 g/mol. The van der Waals surface area contributed by atoms with Crippen molar-refractivity contribution in [3.63, 3.8) is 0 Å². The van der Waals surface area contributed by atoms with Crippen molar-refractivity contribution in [3.05, 3.63) is 34.6 Å². The van der Waals surface area contributed by atoms with Crippen LogP contribution in [0.5, 0.6) is 0 Å². The van der Waals surface area contributed by atoms with Gasteiger partial charge in [-0.15, -0.1) is 0 Å². The molecule has 0 spiro atoms. The fourth-order valence-corrected chi connectivity index (χ4v) is 3.01. The highest BCUT2D eigenvalue weighted by Crippen LogP contribution is 2.39. The molecule has 0 unspecified atom stereocenters. The Bertz CT molecular complexity index is 339. The van der Waals surface area contributed by atoms with Crippen LogP contribution in [0.1, 0.15) is 45.1 Å². The SMILES string of the molecule is CCCC(CN)(CCC)c1c(F)cccc1Cl. The van der Waals surface area contributed by atoms with Gasteiger partial charge in [0.15, 0.2) is 0 Å².